The SMILES string of the molecule is COC(=O)[C@H](Cc1c[nH]c2ccccc12)NC(=O)[C@@H]1CC(=O)N(c2ccccc2Cl)C1. The number of hydrogen-bond acceptors (Lipinski definition) is 4. The fourth-order valence-corrected chi connectivity index (χ4v) is 4.17. The summed E-state index contributed by atoms with van der Waals surface area (Å²) in [7, 11) is 1.29. The van der Waals surface area contributed by atoms with Crippen molar-refractivity contribution in [3.05, 3.63) is 65.3 Å². The number of para-hydroxylation sites is 2. The lowest BCUT2D eigenvalue weighted by Gasteiger charge is -2.20. The number of halogens is 1. The van der Waals surface area contributed by atoms with Crippen molar-refractivity contribution in [1.82, 2.24) is 10.3 Å². The van der Waals surface area contributed by atoms with Crippen LogP contribution in [0.25, 0.3) is 10.9 Å². The molecule has 2 heterocycles. The molecule has 2 aromatic carbocycles. The summed E-state index contributed by atoms with van der Waals surface area (Å²) in [4.78, 5) is 42.5. The Morgan fingerprint density at radius 2 is 1.97 bits per heavy atom. The molecule has 0 radical (unpaired) electrons. The average molecular weight is 440 g/mol. The van der Waals surface area contributed by atoms with E-state index in [1.54, 1.807) is 24.3 Å². The third-order valence-corrected chi connectivity index (χ3v) is 5.86. The summed E-state index contributed by atoms with van der Waals surface area (Å²) < 4.78 is 4.91. The third-order valence-electron chi connectivity index (χ3n) is 5.54. The van der Waals surface area contributed by atoms with Crippen molar-refractivity contribution in [1.29, 1.82) is 0 Å². The van der Waals surface area contributed by atoms with Gasteiger partial charge in [0.2, 0.25) is 11.8 Å². The smallest absolute Gasteiger partial charge is 0.328 e. The van der Waals surface area contributed by atoms with E-state index in [-0.39, 0.29) is 31.2 Å². The minimum atomic E-state index is -0.860. The number of nitrogens with one attached hydrogen (secondary N) is 2. The van der Waals surface area contributed by atoms with Gasteiger partial charge in [0.15, 0.2) is 0 Å². The highest BCUT2D eigenvalue weighted by Crippen LogP contribution is 2.31. The number of esters is 1. The number of carbonyl (C=O) groups excluding carboxylic acids is 3. The molecule has 1 aliphatic rings. The van der Waals surface area contributed by atoms with E-state index in [1.165, 1.54) is 12.0 Å². The second-order valence-electron chi connectivity index (χ2n) is 7.50. The van der Waals surface area contributed by atoms with Gasteiger partial charge in [-0.05, 0) is 23.8 Å². The molecule has 0 aliphatic carbocycles. The summed E-state index contributed by atoms with van der Waals surface area (Å²) in [6.07, 6.45) is 2.15. The number of hydrogen-bond donors (Lipinski definition) is 2. The molecule has 1 aliphatic heterocycles. The molecule has 1 fully saturated rings. The van der Waals surface area contributed by atoms with E-state index >= 15 is 0 Å². The molecule has 1 aromatic heterocycles. The molecule has 1 saturated heterocycles. The summed E-state index contributed by atoms with van der Waals surface area (Å²) in [5.41, 5.74) is 2.42. The molecular weight excluding hydrogens is 418 g/mol. The van der Waals surface area contributed by atoms with E-state index < -0.39 is 17.9 Å². The fraction of sp³-hybridized carbons (Fsp3) is 0.261. The minimum absolute atomic E-state index is 0.0536. The Morgan fingerprint density at radius 1 is 1.23 bits per heavy atom. The highest BCUT2D eigenvalue weighted by molar-refractivity contribution is 6.33. The number of nitrogens with zero attached hydrogens (tertiary/aromatic N) is 1. The zero-order chi connectivity index (χ0) is 22.0. The van der Waals surface area contributed by atoms with Crippen LogP contribution in [-0.4, -0.2) is 42.5 Å². The van der Waals surface area contributed by atoms with Crippen LogP contribution in [0.1, 0.15) is 12.0 Å². The van der Waals surface area contributed by atoms with Gasteiger partial charge in [-0.25, -0.2) is 4.79 Å². The van der Waals surface area contributed by atoms with Gasteiger partial charge >= 0.3 is 5.97 Å². The van der Waals surface area contributed by atoms with E-state index in [4.69, 9.17) is 16.3 Å². The fourth-order valence-electron chi connectivity index (χ4n) is 3.93. The third kappa shape index (κ3) is 4.27. The van der Waals surface area contributed by atoms with E-state index in [9.17, 15) is 14.4 Å². The molecule has 0 spiro atoms. The van der Waals surface area contributed by atoms with E-state index in [1.807, 2.05) is 30.5 Å². The van der Waals surface area contributed by atoms with Crippen LogP contribution < -0.4 is 10.2 Å². The van der Waals surface area contributed by atoms with Crippen molar-refractivity contribution in [2.24, 2.45) is 5.92 Å². The molecule has 0 saturated carbocycles. The van der Waals surface area contributed by atoms with Gasteiger partial charge in [-0.3, -0.25) is 9.59 Å². The molecule has 2 atom stereocenters. The molecule has 7 nitrogen and oxygen atoms in total. The molecule has 31 heavy (non-hydrogen) atoms. The average Bonchev–Trinajstić information content (AvgIpc) is 3.37. The number of aromatic amines is 1. The van der Waals surface area contributed by atoms with Crippen LogP contribution in [-0.2, 0) is 25.5 Å². The number of amides is 2. The molecule has 8 heteroatoms. The Balaban J connectivity index is 1.49. The number of methoxy groups -OCH3 is 1. The maximum absolute atomic E-state index is 12.9. The van der Waals surface area contributed by atoms with Crippen molar-refractivity contribution < 1.29 is 19.1 Å². The molecule has 2 amide bonds. The molecular formula is C23H22ClN3O4. The van der Waals surface area contributed by atoms with Gasteiger partial charge in [-0.1, -0.05) is 41.9 Å². The summed E-state index contributed by atoms with van der Waals surface area (Å²) >= 11 is 6.21. The van der Waals surface area contributed by atoms with Gasteiger partial charge in [0.05, 0.1) is 23.7 Å². The van der Waals surface area contributed by atoms with Crippen LogP contribution in [0.4, 0.5) is 5.69 Å². The Labute approximate surface area is 184 Å². The number of aromatic nitrogens is 1. The molecule has 160 valence electrons. The monoisotopic (exact) mass is 439 g/mol. The standard InChI is InChI=1S/C23H22ClN3O4/c1-31-23(30)19(10-14-12-25-18-8-4-2-6-16(14)18)26-22(29)15-11-21(28)27(13-15)20-9-5-3-7-17(20)24/h2-9,12,15,19,25H,10-11,13H2,1H3,(H,26,29)/t15-,19+/m1/s1. The van der Waals surface area contributed by atoms with E-state index in [0.29, 0.717) is 10.7 Å². The number of fused-ring (bicyclic) bond motifs is 1. The van der Waals surface area contributed by atoms with Crippen LogP contribution in [0.5, 0.6) is 0 Å². The molecule has 2 N–H and O–H groups in total. The van der Waals surface area contributed by atoms with Gasteiger partial charge in [-0.15, -0.1) is 0 Å². The summed E-state index contributed by atoms with van der Waals surface area (Å²) in [5, 5.41) is 4.21. The zero-order valence-electron chi connectivity index (χ0n) is 16.9. The minimum Gasteiger partial charge on any atom is -0.467 e. The normalized spacial score (nSPS) is 17.0. The van der Waals surface area contributed by atoms with Crippen molar-refractivity contribution in [3.8, 4) is 0 Å². The van der Waals surface area contributed by atoms with E-state index in [2.05, 4.69) is 10.3 Å². The van der Waals surface area contributed by atoms with Crippen molar-refractivity contribution in [2.45, 2.75) is 18.9 Å². The number of anilines is 1. The first-order valence-corrected chi connectivity index (χ1v) is 10.3. The van der Waals surface area contributed by atoms with Crippen LogP contribution in [0, 0.1) is 5.92 Å². The van der Waals surface area contributed by atoms with Crippen LogP contribution in [0.15, 0.2) is 54.7 Å². The van der Waals surface area contributed by atoms with Crippen LogP contribution in [0.2, 0.25) is 5.02 Å². The number of benzene rings is 2. The Bertz CT molecular complexity index is 1140. The highest BCUT2D eigenvalue weighted by atomic mass is 35.5. The second-order valence-corrected chi connectivity index (χ2v) is 7.91. The number of ether oxygens (including phenoxy) is 1. The predicted octanol–water partition coefficient (Wildman–Crippen LogP) is 3.07. The first-order chi connectivity index (χ1) is 15.0. The zero-order valence-corrected chi connectivity index (χ0v) is 17.7. The van der Waals surface area contributed by atoms with Crippen molar-refractivity contribution in [2.75, 3.05) is 18.6 Å². The lowest BCUT2D eigenvalue weighted by molar-refractivity contribution is -0.145. The number of rotatable bonds is 6. The number of carbonyl (C=O) groups is 3. The first kappa shape index (κ1) is 20.9. The lowest BCUT2D eigenvalue weighted by atomic mass is 10.0. The van der Waals surface area contributed by atoms with Crippen LogP contribution in [0.3, 0.4) is 0 Å². The van der Waals surface area contributed by atoms with Gasteiger partial charge in [0.25, 0.3) is 0 Å². The Hall–Kier alpha value is -3.32. The van der Waals surface area contributed by atoms with Crippen LogP contribution >= 0.6 is 11.6 Å². The van der Waals surface area contributed by atoms with Crippen molar-refractivity contribution in [3.63, 3.8) is 0 Å². The van der Waals surface area contributed by atoms with Gasteiger partial charge in [0, 0.05) is 36.5 Å². The number of H-pyrrole nitrogens is 1. The Kier molecular flexibility index (Phi) is 5.95. The summed E-state index contributed by atoms with van der Waals surface area (Å²) in [6.45, 7) is 0.204. The lowest BCUT2D eigenvalue weighted by Crippen LogP contribution is -2.46. The molecule has 0 unspecified atom stereocenters. The second kappa shape index (κ2) is 8.81. The summed E-state index contributed by atoms with van der Waals surface area (Å²) in [6, 6.07) is 13.9. The summed E-state index contributed by atoms with van der Waals surface area (Å²) in [5.74, 6) is -1.66. The predicted molar refractivity (Wildman–Crippen MR) is 118 cm³/mol. The van der Waals surface area contributed by atoms with Gasteiger partial charge in [0.1, 0.15) is 6.04 Å². The maximum Gasteiger partial charge on any atom is 0.328 e. The highest BCUT2D eigenvalue weighted by Gasteiger charge is 2.37. The molecule has 4 rings (SSSR count). The maximum atomic E-state index is 12.9. The van der Waals surface area contributed by atoms with Crippen molar-refractivity contribution >= 4 is 46.0 Å². The topological polar surface area (TPSA) is 91.5 Å². The molecule has 0 bridgehead atoms. The Morgan fingerprint density at radius 3 is 2.74 bits per heavy atom. The molecule has 3 aromatic rings. The van der Waals surface area contributed by atoms with Gasteiger partial charge < -0.3 is 19.9 Å². The quantitative estimate of drug-likeness (QED) is 0.577. The largest absolute Gasteiger partial charge is 0.467 e. The van der Waals surface area contributed by atoms with Gasteiger partial charge in [-0.2, -0.15) is 0 Å². The first-order valence-electron chi connectivity index (χ1n) is 9.96. The van der Waals surface area contributed by atoms with E-state index in [0.717, 1.165) is 16.5 Å².